The molecule has 0 heterocycles. The fraction of sp³-hybridized carbons (Fsp3) is 0.0909. The maximum Gasteiger partial charge on any atom is 0.118 e. The maximum absolute atomic E-state index is 10.4. The van der Waals surface area contributed by atoms with E-state index >= 15 is 0 Å². The Hall–Kier alpha value is -4.30. The van der Waals surface area contributed by atoms with E-state index in [1.54, 1.807) is 12.1 Å². The first kappa shape index (κ1) is 21.2. The Morgan fingerprint density at radius 2 is 1.06 bits per heavy atom. The first-order valence-corrected chi connectivity index (χ1v) is 11.9. The zero-order chi connectivity index (χ0) is 24.2. The molecule has 2 N–H and O–H groups in total. The topological polar surface area (TPSA) is 40.5 Å². The van der Waals surface area contributed by atoms with Gasteiger partial charge in [-0.15, -0.1) is 0 Å². The summed E-state index contributed by atoms with van der Waals surface area (Å²) in [4.78, 5) is 0. The summed E-state index contributed by atoms with van der Waals surface area (Å²) in [6.07, 6.45) is 0. The monoisotopic (exact) mass is 454 g/mol. The van der Waals surface area contributed by atoms with Crippen LogP contribution in [0.25, 0.3) is 22.3 Å². The summed E-state index contributed by atoms with van der Waals surface area (Å²) in [6.45, 7) is 3.88. The van der Waals surface area contributed by atoms with Crippen LogP contribution in [-0.2, 0) is 5.41 Å². The fourth-order valence-corrected chi connectivity index (χ4v) is 5.66. The van der Waals surface area contributed by atoms with Crippen molar-refractivity contribution in [1.29, 1.82) is 0 Å². The van der Waals surface area contributed by atoms with Gasteiger partial charge in [-0.05, 0) is 87.7 Å². The third-order valence-corrected chi connectivity index (χ3v) is 7.41. The number of phenolic OH excluding ortho intramolecular Hbond substituents is 2. The lowest BCUT2D eigenvalue weighted by Crippen LogP contribution is -2.29. The van der Waals surface area contributed by atoms with E-state index < -0.39 is 5.41 Å². The van der Waals surface area contributed by atoms with Crippen LogP contribution in [0.2, 0.25) is 0 Å². The van der Waals surface area contributed by atoms with Crippen LogP contribution in [0.4, 0.5) is 0 Å². The SMILES string of the molecule is Cc1cc(C2(c3ccc(O)c(C)c3)c3ccccc3-c3ccc(-c4ccccc4)cc32)ccc1O. The lowest BCUT2D eigenvalue weighted by Gasteiger charge is -2.34. The minimum absolute atomic E-state index is 0.287. The second-order valence-electron chi connectivity index (χ2n) is 9.42. The van der Waals surface area contributed by atoms with Crippen LogP contribution in [0.5, 0.6) is 11.5 Å². The van der Waals surface area contributed by atoms with Crippen molar-refractivity contribution >= 4 is 0 Å². The van der Waals surface area contributed by atoms with Crippen molar-refractivity contribution in [3.05, 3.63) is 143 Å². The van der Waals surface area contributed by atoms with Crippen LogP contribution in [0.3, 0.4) is 0 Å². The molecule has 0 atom stereocenters. The summed E-state index contributed by atoms with van der Waals surface area (Å²) in [5, 5.41) is 20.7. The minimum Gasteiger partial charge on any atom is -0.508 e. The standard InChI is InChI=1S/C33H26O2/c1-21-18-25(13-16-31(21)34)33(26-14-17-32(35)22(2)19-26)29-11-7-6-10-27(29)28-15-12-24(20-30(28)33)23-8-4-3-5-9-23/h3-20,34-35H,1-2H3. The molecule has 2 nitrogen and oxygen atoms in total. The summed E-state index contributed by atoms with van der Waals surface area (Å²) in [6, 6.07) is 37.6. The van der Waals surface area contributed by atoms with Crippen LogP contribution in [-0.4, -0.2) is 10.2 Å². The average Bonchev–Trinajstić information content (AvgIpc) is 3.18. The van der Waals surface area contributed by atoms with E-state index in [1.165, 1.54) is 27.8 Å². The van der Waals surface area contributed by atoms with Crippen molar-refractivity contribution in [3.8, 4) is 33.8 Å². The Morgan fingerprint density at radius 3 is 1.69 bits per heavy atom. The zero-order valence-electron chi connectivity index (χ0n) is 19.8. The summed E-state index contributed by atoms with van der Waals surface area (Å²) >= 11 is 0. The van der Waals surface area contributed by atoms with Crippen molar-refractivity contribution in [2.24, 2.45) is 0 Å². The quantitative estimate of drug-likeness (QED) is 0.287. The molecule has 5 aromatic carbocycles. The lowest BCUT2D eigenvalue weighted by molar-refractivity contribution is 0.470. The first-order valence-electron chi connectivity index (χ1n) is 11.9. The van der Waals surface area contributed by atoms with Crippen LogP contribution >= 0.6 is 0 Å². The number of fused-ring (bicyclic) bond motifs is 3. The smallest absolute Gasteiger partial charge is 0.118 e. The molecule has 0 fully saturated rings. The largest absolute Gasteiger partial charge is 0.508 e. The van der Waals surface area contributed by atoms with Crippen LogP contribution in [0.1, 0.15) is 33.4 Å². The van der Waals surface area contributed by atoms with Gasteiger partial charge in [0.05, 0.1) is 5.41 Å². The van der Waals surface area contributed by atoms with Crippen LogP contribution in [0.15, 0.2) is 109 Å². The predicted octanol–water partition coefficient (Wildman–Crippen LogP) is 7.74. The molecular weight excluding hydrogens is 428 g/mol. The third kappa shape index (κ3) is 3.10. The van der Waals surface area contributed by atoms with Crippen molar-refractivity contribution in [2.45, 2.75) is 19.3 Å². The summed E-state index contributed by atoms with van der Waals surface area (Å²) in [5.74, 6) is 0.575. The molecule has 2 heteroatoms. The van der Waals surface area contributed by atoms with Crippen molar-refractivity contribution in [3.63, 3.8) is 0 Å². The van der Waals surface area contributed by atoms with Gasteiger partial charge in [-0.25, -0.2) is 0 Å². The number of hydrogen-bond donors (Lipinski definition) is 2. The summed E-state index contributed by atoms with van der Waals surface area (Å²) in [5.41, 5.74) is 10.4. The zero-order valence-corrected chi connectivity index (χ0v) is 19.8. The summed E-state index contributed by atoms with van der Waals surface area (Å²) in [7, 11) is 0. The fourth-order valence-electron chi connectivity index (χ4n) is 5.66. The molecule has 6 rings (SSSR count). The highest BCUT2D eigenvalue weighted by molar-refractivity contribution is 5.88. The molecule has 0 bridgehead atoms. The molecule has 0 saturated heterocycles. The highest BCUT2D eigenvalue weighted by atomic mass is 16.3. The van der Waals surface area contributed by atoms with Crippen LogP contribution < -0.4 is 0 Å². The molecule has 5 aromatic rings. The summed E-state index contributed by atoms with van der Waals surface area (Å²) < 4.78 is 0. The van der Waals surface area contributed by atoms with E-state index in [0.29, 0.717) is 0 Å². The lowest BCUT2D eigenvalue weighted by atomic mass is 9.67. The van der Waals surface area contributed by atoms with E-state index in [4.69, 9.17) is 0 Å². The molecule has 0 saturated carbocycles. The second-order valence-corrected chi connectivity index (χ2v) is 9.42. The van der Waals surface area contributed by atoms with Gasteiger partial charge >= 0.3 is 0 Å². The Morgan fingerprint density at radius 1 is 0.486 bits per heavy atom. The normalized spacial score (nSPS) is 13.3. The van der Waals surface area contributed by atoms with Crippen molar-refractivity contribution in [2.75, 3.05) is 0 Å². The number of aryl methyl sites for hydroxylation is 2. The van der Waals surface area contributed by atoms with Gasteiger partial charge in [0.2, 0.25) is 0 Å². The molecule has 0 aliphatic heterocycles. The molecule has 0 unspecified atom stereocenters. The van der Waals surface area contributed by atoms with E-state index in [0.717, 1.165) is 27.8 Å². The Balaban J connectivity index is 1.76. The molecule has 1 aliphatic carbocycles. The molecular formula is C33H26O2. The predicted molar refractivity (Wildman–Crippen MR) is 142 cm³/mol. The minimum atomic E-state index is -0.590. The molecule has 0 radical (unpaired) electrons. The van der Waals surface area contributed by atoms with Gasteiger partial charge in [-0.1, -0.05) is 91.0 Å². The number of phenols is 2. The van der Waals surface area contributed by atoms with Gasteiger partial charge in [0.15, 0.2) is 0 Å². The number of hydrogen-bond acceptors (Lipinski definition) is 2. The number of aromatic hydroxyl groups is 2. The first-order chi connectivity index (χ1) is 17.0. The van der Waals surface area contributed by atoms with Gasteiger partial charge < -0.3 is 10.2 Å². The highest BCUT2D eigenvalue weighted by Crippen LogP contribution is 2.57. The number of benzene rings is 5. The molecule has 170 valence electrons. The van der Waals surface area contributed by atoms with Gasteiger partial charge in [0, 0.05) is 0 Å². The molecule has 0 amide bonds. The van der Waals surface area contributed by atoms with Gasteiger partial charge in [0.25, 0.3) is 0 Å². The highest BCUT2D eigenvalue weighted by Gasteiger charge is 2.46. The van der Waals surface area contributed by atoms with Crippen molar-refractivity contribution in [1.82, 2.24) is 0 Å². The maximum atomic E-state index is 10.4. The van der Waals surface area contributed by atoms with E-state index in [2.05, 4.69) is 78.9 Å². The Kier molecular flexibility index (Phi) is 4.79. The van der Waals surface area contributed by atoms with Gasteiger partial charge in [-0.2, -0.15) is 0 Å². The molecule has 0 aromatic heterocycles. The van der Waals surface area contributed by atoms with Gasteiger partial charge in [-0.3, -0.25) is 0 Å². The Bertz CT molecular complexity index is 1530. The van der Waals surface area contributed by atoms with Gasteiger partial charge in [0.1, 0.15) is 11.5 Å². The second kappa shape index (κ2) is 7.89. The van der Waals surface area contributed by atoms with Crippen molar-refractivity contribution < 1.29 is 10.2 Å². The third-order valence-electron chi connectivity index (χ3n) is 7.41. The van der Waals surface area contributed by atoms with E-state index in [9.17, 15) is 10.2 Å². The average molecular weight is 455 g/mol. The van der Waals surface area contributed by atoms with E-state index in [1.807, 2.05) is 32.0 Å². The molecule has 35 heavy (non-hydrogen) atoms. The Labute approximate surface area is 205 Å². The van der Waals surface area contributed by atoms with E-state index in [-0.39, 0.29) is 11.5 Å². The molecule has 0 spiro atoms. The van der Waals surface area contributed by atoms with Crippen LogP contribution in [0, 0.1) is 13.8 Å². The number of rotatable bonds is 3. The molecule has 1 aliphatic rings.